The Balaban J connectivity index is 2.08. The Hall–Kier alpha value is -1.86. The van der Waals surface area contributed by atoms with E-state index in [2.05, 4.69) is 4.98 Å². The van der Waals surface area contributed by atoms with Gasteiger partial charge in [0, 0.05) is 11.4 Å². The molecule has 6 nitrogen and oxygen atoms in total. The smallest absolute Gasteiger partial charge is 0.240 e. The third kappa shape index (κ3) is 2.19. The standard InChI is InChI=1S/C13H16N4O2S/c14-10-7-9(5-6-13(10)20(15,18)19)17-8-16-11-3-1-2-4-12(11)17/h5-8H,1-4,14H2,(H2,15,18,19). The van der Waals surface area contributed by atoms with Crippen molar-refractivity contribution >= 4 is 15.7 Å². The van der Waals surface area contributed by atoms with Gasteiger partial charge < -0.3 is 10.3 Å². The normalized spacial score (nSPS) is 15.1. The SMILES string of the molecule is Nc1cc(-n2cnc3c2CCCC3)ccc1S(N)(=O)=O. The summed E-state index contributed by atoms with van der Waals surface area (Å²) in [6.07, 6.45) is 6.04. The number of aryl methyl sites for hydroxylation is 1. The fraction of sp³-hybridized carbons (Fsp3) is 0.308. The van der Waals surface area contributed by atoms with Crippen LogP contribution in [-0.2, 0) is 22.9 Å². The van der Waals surface area contributed by atoms with Crippen LogP contribution in [0.15, 0.2) is 29.4 Å². The van der Waals surface area contributed by atoms with Gasteiger partial charge in [-0.1, -0.05) is 0 Å². The Morgan fingerprint density at radius 2 is 1.95 bits per heavy atom. The van der Waals surface area contributed by atoms with E-state index in [1.807, 2.05) is 4.57 Å². The predicted octanol–water partition coefficient (Wildman–Crippen LogP) is 0.981. The van der Waals surface area contributed by atoms with E-state index in [-0.39, 0.29) is 10.6 Å². The second kappa shape index (κ2) is 4.60. The summed E-state index contributed by atoms with van der Waals surface area (Å²) in [6, 6.07) is 4.76. The number of imidazole rings is 1. The molecule has 1 aliphatic carbocycles. The quantitative estimate of drug-likeness (QED) is 0.805. The highest BCUT2D eigenvalue weighted by Gasteiger charge is 2.18. The second-order valence-corrected chi connectivity index (χ2v) is 6.51. The minimum Gasteiger partial charge on any atom is -0.398 e. The summed E-state index contributed by atoms with van der Waals surface area (Å²) < 4.78 is 24.7. The van der Waals surface area contributed by atoms with Gasteiger partial charge in [-0.15, -0.1) is 0 Å². The van der Waals surface area contributed by atoms with Gasteiger partial charge in [0.1, 0.15) is 4.90 Å². The zero-order chi connectivity index (χ0) is 14.3. The maximum absolute atomic E-state index is 11.4. The highest BCUT2D eigenvalue weighted by Crippen LogP contribution is 2.26. The largest absolute Gasteiger partial charge is 0.398 e. The Labute approximate surface area is 117 Å². The van der Waals surface area contributed by atoms with Crippen LogP contribution in [0.1, 0.15) is 24.2 Å². The fourth-order valence-electron chi connectivity index (χ4n) is 2.64. The molecule has 0 saturated heterocycles. The van der Waals surface area contributed by atoms with Crippen LogP contribution in [0.5, 0.6) is 0 Å². The third-order valence-corrected chi connectivity index (χ3v) is 4.59. The van der Waals surface area contributed by atoms with Crippen LogP contribution in [0.2, 0.25) is 0 Å². The molecule has 0 atom stereocenters. The molecule has 20 heavy (non-hydrogen) atoms. The van der Waals surface area contributed by atoms with Crippen LogP contribution >= 0.6 is 0 Å². The number of nitrogens with zero attached hydrogens (tertiary/aromatic N) is 2. The number of benzene rings is 1. The van der Waals surface area contributed by atoms with Crippen LogP contribution in [0.25, 0.3) is 5.69 Å². The minimum atomic E-state index is -3.79. The zero-order valence-electron chi connectivity index (χ0n) is 10.9. The molecule has 106 valence electrons. The molecule has 0 spiro atoms. The number of anilines is 1. The Bertz CT molecular complexity index is 765. The van der Waals surface area contributed by atoms with Crippen LogP contribution in [-0.4, -0.2) is 18.0 Å². The summed E-state index contributed by atoms with van der Waals surface area (Å²) in [4.78, 5) is 4.37. The number of rotatable bonds is 2. The topological polar surface area (TPSA) is 104 Å². The average Bonchev–Trinajstić information content (AvgIpc) is 2.80. The van der Waals surface area contributed by atoms with Gasteiger partial charge >= 0.3 is 0 Å². The van der Waals surface area contributed by atoms with Crippen molar-refractivity contribution in [3.05, 3.63) is 35.9 Å². The molecule has 4 N–H and O–H groups in total. The van der Waals surface area contributed by atoms with E-state index in [9.17, 15) is 8.42 Å². The van der Waals surface area contributed by atoms with Gasteiger partial charge in [0.2, 0.25) is 10.0 Å². The number of hydrogen-bond donors (Lipinski definition) is 2. The van der Waals surface area contributed by atoms with Crippen molar-refractivity contribution in [1.29, 1.82) is 0 Å². The maximum atomic E-state index is 11.4. The highest BCUT2D eigenvalue weighted by molar-refractivity contribution is 7.89. The van der Waals surface area contributed by atoms with Crippen molar-refractivity contribution in [2.24, 2.45) is 5.14 Å². The number of nitrogen functional groups attached to an aromatic ring is 1. The lowest BCUT2D eigenvalue weighted by Crippen LogP contribution is -2.14. The number of hydrogen-bond acceptors (Lipinski definition) is 4. The molecule has 1 aliphatic rings. The monoisotopic (exact) mass is 292 g/mol. The maximum Gasteiger partial charge on any atom is 0.240 e. The Kier molecular flexibility index (Phi) is 3.02. The lowest BCUT2D eigenvalue weighted by molar-refractivity contribution is 0.598. The summed E-state index contributed by atoms with van der Waals surface area (Å²) in [5.74, 6) is 0. The van der Waals surface area contributed by atoms with Gasteiger partial charge in [0.05, 0.1) is 17.7 Å². The van der Waals surface area contributed by atoms with Crippen LogP contribution in [0.3, 0.4) is 0 Å². The number of aromatic nitrogens is 2. The number of nitrogens with two attached hydrogens (primary N) is 2. The molecular formula is C13H16N4O2S. The lowest BCUT2D eigenvalue weighted by atomic mass is 10.0. The van der Waals surface area contributed by atoms with Gasteiger partial charge in [-0.05, 0) is 43.9 Å². The van der Waals surface area contributed by atoms with Crippen molar-refractivity contribution in [1.82, 2.24) is 9.55 Å². The third-order valence-electron chi connectivity index (χ3n) is 3.61. The summed E-state index contributed by atoms with van der Waals surface area (Å²) in [5.41, 5.74) is 9.06. The average molecular weight is 292 g/mol. The van der Waals surface area contributed by atoms with Gasteiger partial charge in [0.25, 0.3) is 0 Å². The van der Waals surface area contributed by atoms with Gasteiger partial charge in [0.15, 0.2) is 0 Å². The molecule has 7 heteroatoms. The van der Waals surface area contributed by atoms with Crippen LogP contribution < -0.4 is 10.9 Å². The van der Waals surface area contributed by atoms with Crippen molar-refractivity contribution in [3.8, 4) is 5.69 Å². The van der Waals surface area contributed by atoms with Gasteiger partial charge in [-0.2, -0.15) is 0 Å². The molecule has 0 amide bonds. The molecule has 0 bridgehead atoms. The van der Waals surface area contributed by atoms with Crippen LogP contribution in [0.4, 0.5) is 5.69 Å². The molecular weight excluding hydrogens is 276 g/mol. The summed E-state index contributed by atoms with van der Waals surface area (Å²) >= 11 is 0. The Morgan fingerprint density at radius 1 is 1.20 bits per heavy atom. The first-order valence-corrected chi connectivity index (χ1v) is 7.99. The molecule has 2 aromatic rings. The summed E-state index contributed by atoms with van der Waals surface area (Å²) in [5, 5.41) is 5.11. The Morgan fingerprint density at radius 3 is 2.65 bits per heavy atom. The molecule has 0 saturated carbocycles. The summed E-state index contributed by atoms with van der Waals surface area (Å²) in [7, 11) is -3.79. The number of fused-ring (bicyclic) bond motifs is 1. The van der Waals surface area contributed by atoms with Gasteiger partial charge in [-0.25, -0.2) is 18.5 Å². The molecule has 0 unspecified atom stereocenters. The van der Waals surface area contributed by atoms with Crippen molar-refractivity contribution in [2.45, 2.75) is 30.6 Å². The van der Waals surface area contributed by atoms with E-state index >= 15 is 0 Å². The molecule has 1 heterocycles. The van der Waals surface area contributed by atoms with Crippen molar-refractivity contribution in [2.75, 3.05) is 5.73 Å². The first kappa shape index (κ1) is 13.1. The van der Waals surface area contributed by atoms with Crippen molar-refractivity contribution < 1.29 is 8.42 Å². The van der Waals surface area contributed by atoms with Crippen LogP contribution in [0, 0.1) is 0 Å². The first-order chi connectivity index (χ1) is 9.47. The minimum absolute atomic E-state index is 0.0461. The van der Waals surface area contributed by atoms with E-state index in [4.69, 9.17) is 10.9 Å². The summed E-state index contributed by atoms with van der Waals surface area (Å²) in [6.45, 7) is 0. The molecule has 0 radical (unpaired) electrons. The first-order valence-electron chi connectivity index (χ1n) is 6.44. The number of sulfonamides is 1. The zero-order valence-corrected chi connectivity index (χ0v) is 11.7. The molecule has 0 fully saturated rings. The van der Waals surface area contributed by atoms with E-state index in [0.29, 0.717) is 0 Å². The van der Waals surface area contributed by atoms with Crippen molar-refractivity contribution in [3.63, 3.8) is 0 Å². The fourth-order valence-corrected chi connectivity index (χ4v) is 3.28. The lowest BCUT2D eigenvalue weighted by Gasteiger charge is -2.15. The van der Waals surface area contributed by atoms with E-state index in [1.165, 1.54) is 11.8 Å². The molecule has 1 aromatic heterocycles. The highest BCUT2D eigenvalue weighted by atomic mass is 32.2. The van der Waals surface area contributed by atoms with E-state index in [1.54, 1.807) is 18.5 Å². The number of primary sulfonamides is 1. The molecule has 1 aromatic carbocycles. The second-order valence-electron chi connectivity index (χ2n) is 4.98. The van der Waals surface area contributed by atoms with E-state index in [0.717, 1.165) is 37.1 Å². The predicted molar refractivity (Wildman–Crippen MR) is 76.0 cm³/mol. The van der Waals surface area contributed by atoms with Gasteiger partial charge in [-0.3, -0.25) is 0 Å². The molecule has 3 rings (SSSR count). The van der Waals surface area contributed by atoms with E-state index < -0.39 is 10.0 Å². The molecule has 0 aliphatic heterocycles.